The molecule has 0 fully saturated rings. The third kappa shape index (κ3) is 5.82. The first-order valence-electron chi connectivity index (χ1n) is 14.7. The third-order valence-electron chi connectivity index (χ3n) is 7.92. The lowest BCUT2D eigenvalue weighted by molar-refractivity contribution is -0.169. The maximum atomic E-state index is 15.0. The van der Waals surface area contributed by atoms with E-state index in [4.69, 9.17) is 9.47 Å². The number of para-hydroxylation sites is 1. The molecule has 0 saturated carbocycles. The van der Waals surface area contributed by atoms with E-state index < -0.39 is 23.7 Å². The predicted molar refractivity (Wildman–Crippen MR) is 173 cm³/mol. The fraction of sp³-hybridized carbons (Fsp3) is 0.189. The van der Waals surface area contributed by atoms with E-state index in [2.05, 4.69) is 5.32 Å². The first kappa shape index (κ1) is 29.5. The van der Waals surface area contributed by atoms with Gasteiger partial charge in [0.2, 0.25) is 0 Å². The number of amides is 1. The zero-order valence-electron chi connectivity index (χ0n) is 24.5. The summed E-state index contributed by atoms with van der Waals surface area (Å²) in [6.07, 6.45) is 0. The molecule has 0 saturated heterocycles. The molecule has 2 atom stereocenters. The Balaban J connectivity index is 1.52. The molecule has 0 unspecified atom stereocenters. The molecule has 5 aromatic rings. The monoisotopic (exact) mass is 602 g/mol. The zero-order chi connectivity index (χ0) is 30.4. The maximum Gasteiger partial charge on any atom is 0.327 e. The molecule has 0 aliphatic carbocycles. The Kier molecular flexibility index (Phi) is 8.98. The number of benzene rings is 4. The van der Waals surface area contributed by atoms with Crippen LogP contribution in [0.2, 0.25) is 0 Å². The molecule has 2 heterocycles. The Morgan fingerprint density at radius 1 is 0.818 bits per heavy atom. The quantitative estimate of drug-likeness (QED) is 0.156. The van der Waals surface area contributed by atoms with Gasteiger partial charge in [0, 0.05) is 5.56 Å². The van der Waals surface area contributed by atoms with Gasteiger partial charge in [0.1, 0.15) is 6.04 Å². The van der Waals surface area contributed by atoms with E-state index in [-0.39, 0.29) is 19.1 Å². The lowest BCUT2D eigenvalue weighted by atomic mass is 9.85. The molecular weight excluding hydrogens is 568 g/mol. The molecule has 222 valence electrons. The van der Waals surface area contributed by atoms with Crippen molar-refractivity contribution in [3.05, 3.63) is 160 Å². The summed E-state index contributed by atoms with van der Waals surface area (Å²) in [4.78, 5) is 30.9. The maximum absolute atomic E-state index is 15.0. The van der Waals surface area contributed by atoms with Crippen LogP contribution in [0.1, 0.15) is 40.8 Å². The Morgan fingerprint density at radius 2 is 1.43 bits per heavy atom. The van der Waals surface area contributed by atoms with Gasteiger partial charge < -0.3 is 14.4 Å². The highest BCUT2D eigenvalue weighted by atomic mass is 32.1. The van der Waals surface area contributed by atoms with Crippen LogP contribution in [-0.2, 0) is 37.8 Å². The van der Waals surface area contributed by atoms with E-state index in [0.717, 1.165) is 22.3 Å². The van der Waals surface area contributed by atoms with Crippen molar-refractivity contribution < 1.29 is 19.1 Å². The fourth-order valence-electron chi connectivity index (χ4n) is 5.86. The number of nitrogens with one attached hydrogen (secondary N) is 1. The van der Waals surface area contributed by atoms with Crippen molar-refractivity contribution in [3.8, 4) is 0 Å². The summed E-state index contributed by atoms with van der Waals surface area (Å²) in [7, 11) is 0. The number of esters is 1. The molecule has 6 nitrogen and oxygen atoms in total. The van der Waals surface area contributed by atoms with Crippen molar-refractivity contribution in [2.45, 2.75) is 37.8 Å². The summed E-state index contributed by atoms with van der Waals surface area (Å²) in [6, 6.07) is 37.6. The van der Waals surface area contributed by atoms with Gasteiger partial charge in [-0.3, -0.25) is 14.9 Å². The molecule has 1 aromatic heterocycles. The van der Waals surface area contributed by atoms with Crippen LogP contribution in [0.15, 0.2) is 132 Å². The fourth-order valence-corrected chi connectivity index (χ4v) is 6.52. The second kappa shape index (κ2) is 13.4. The lowest BCUT2D eigenvalue weighted by Crippen LogP contribution is -2.60. The van der Waals surface area contributed by atoms with E-state index in [1.165, 1.54) is 0 Å². The highest BCUT2D eigenvalue weighted by Crippen LogP contribution is 2.47. The number of hydrogen-bond acceptors (Lipinski definition) is 6. The van der Waals surface area contributed by atoms with Crippen molar-refractivity contribution >= 4 is 28.9 Å². The average Bonchev–Trinajstić information content (AvgIpc) is 3.67. The van der Waals surface area contributed by atoms with E-state index in [0.29, 0.717) is 17.8 Å². The molecular formula is C37H34N2O4S. The predicted octanol–water partition coefficient (Wildman–Crippen LogP) is 7.02. The minimum atomic E-state index is -1.71. The van der Waals surface area contributed by atoms with Gasteiger partial charge >= 0.3 is 5.97 Å². The third-order valence-corrected chi connectivity index (χ3v) is 8.65. The lowest BCUT2D eigenvalue weighted by Gasteiger charge is -2.38. The van der Waals surface area contributed by atoms with Gasteiger partial charge in [-0.2, -0.15) is 11.3 Å². The SMILES string of the molecule is CCOC(=O)[C@H](NC(c1ccccc1)c1ccccc1)[C@]1(OCc2ccsc2)C(=O)N(Cc2ccccc2)c2ccccc21. The first-order valence-corrected chi connectivity index (χ1v) is 15.7. The number of carbonyl (C=O) groups excluding carboxylic acids is 2. The molecule has 1 aliphatic heterocycles. The second-order valence-corrected chi connectivity index (χ2v) is 11.4. The van der Waals surface area contributed by atoms with Crippen LogP contribution in [0.3, 0.4) is 0 Å². The number of carbonyl (C=O) groups is 2. The van der Waals surface area contributed by atoms with Crippen LogP contribution in [-0.4, -0.2) is 24.5 Å². The molecule has 1 N–H and O–H groups in total. The standard InChI is InChI=1S/C37H34N2O4S/c1-2-42-35(40)34(38-33(29-16-8-4-9-17-29)30-18-10-5-11-19-30)37(43-25-28-22-23-44-26-28)31-20-12-13-21-32(31)39(36(37)41)24-27-14-6-3-7-15-27/h3-23,26,33-34,38H,2,24-25H2,1H3/t34-,37-/m0/s1. The molecule has 1 aliphatic rings. The van der Waals surface area contributed by atoms with Gasteiger partial charge in [0.15, 0.2) is 5.60 Å². The zero-order valence-corrected chi connectivity index (χ0v) is 25.3. The Morgan fingerprint density at radius 3 is 2.05 bits per heavy atom. The highest BCUT2D eigenvalue weighted by Gasteiger charge is 2.60. The number of rotatable bonds is 12. The van der Waals surface area contributed by atoms with Gasteiger partial charge in [-0.15, -0.1) is 0 Å². The van der Waals surface area contributed by atoms with E-state index >= 15 is 4.79 Å². The van der Waals surface area contributed by atoms with Gasteiger partial charge in [-0.25, -0.2) is 0 Å². The van der Waals surface area contributed by atoms with E-state index in [9.17, 15) is 4.79 Å². The number of anilines is 1. The topological polar surface area (TPSA) is 67.9 Å². The van der Waals surface area contributed by atoms with E-state index in [1.54, 1.807) is 23.2 Å². The van der Waals surface area contributed by atoms with Crippen LogP contribution in [0, 0.1) is 0 Å². The molecule has 44 heavy (non-hydrogen) atoms. The molecule has 6 rings (SSSR count). The molecule has 0 bridgehead atoms. The van der Waals surface area contributed by atoms with Gasteiger partial charge in [0.05, 0.1) is 31.5 Å². The summed E-state index contributed by atoms with van der Waals surface area (Å²) < 4.78 is 12.5. The smallest absolute Gasteiger partial charge is 0.327 e. The number of fused-ring (bicyclic) bond motifs is 1. The highest BCUT2D eigenvalue weighted by molar-refractivity contribution is 7.07. The summed E-state index contributed by atoms with van der Waals surface area (Å²) >= 11 is 1.56. The minimum absolute atomic E-state index is 0.141. The Bertz CT molecular complexity index is 1640. The molecule has 0 spiro atoms. The van der Waals surface area contributed by atoms with Crippen LogP contribution < -0.4 is 10.2 Å². The summed E-state index contributed by atoms with van der Waals surface area (Å²) in [5.74, 6) is -0.873. The number of hydrogen-bond donors (Lipinski definition) is 1. The first-order chi connectivity index (χ1) is 21.6. The van der Waals surface area contributed by atoms with Crippen molar-refractivity contribution in [3.63, 3.8) is 0 Å². The Labute approximate surface area is 261 Å². The number of nitrogens with zero attached hydrogens (tertiary/aromatic N) is 1. The average molecular weight is 603 g/mol. The van der Waals surface area contributed by atoms with Gasteiger partial charge in [0.25, 0.3) is 5.91 Å². The number of thiophene rings is 1. The number of ether oxygens (including phenoxy) is 2. The van der Waals surface area contributed by atoms with Crippen LogP contribution in [0.5, 0.6) is 0 Å². The van der Waals surface area contributed by atoms with Gasteiger partial charge in [-0.1, -0.05) is 109 Å². The minimum Gasteiger partial charge on any atom is -0.465 e. The van der Waals surface area contributed by atoms with Crippen molar-refractivity contribution in [1.29, 1.82) is 0 Å². The largest absolute Gasteiger partial charge is 0.465 e. The van der Waals surface area contributed by atoms with Crippen LogP contribution in [0.4, 0.5) is 5.69 Å². The summed E-state index contributed by atoms with van der Waals surface area (Å²) in [5.41, 5.74) is 3.41. The molecule has 7 heteroatoms. The normalized spacial score (nSPS) is 16.6. The molecule has 1 amide bonds. The second-order valence-electron chi connectivity index (χ2n) is 10.7. The van der Waals surface area contributed by atoms with Crippen LogP contribution in [0.25, 0.3) is 0 Å². The summed E-state index contributed by atoms with van der Waals surface area (Å²) in [5, 5.41) is 7.56. The van der Waals surface area contributed by atoms with Gasteiger partial charge in [-0.05, 0) is 52.1 Å². The summed E-state index contributed by atoms with van der Waals surface area (Å²) in [6.45, 7) is 2.40. The van der Waals surface area contributed by atoms with E-state index in [1.807, 2.05) is 132 Å². The molecule has 0 radical (unpaired) electrons. The van der Waals surface area contributed by atoms with Crippen LogP contribution >= 0.6 is 11.3 Å². The Hall–Kier alpha value is -4.56. The van der Waals surface area contributed by atoms with Crippen molar-refractivity contribution in [2.24, 2.45) is 0 Å². The molecule has 4 aromatic carbocycles. The van der Waals surface area contributed by atoms with Crippen molar-refractivity contribution in [1.82, 2.24) is 5.32 Å². The van der Waals surface area contributed by atoms with Crippen molar-refractivity contribution in [2.75, 3.05) is 11.5 Å².